The molecule has 2 fully saturated rings. The van der Waals surface area contributed by atoms with Gasteiger partial charge in [0.2, 0.25) is 0 Å². The van der Waals surface area contributed by atoms with Crippen LogP contribution in [0.1, 0.15) is 33.1 Å². The van der Waals surface area contributed by atoms with E-state index in [1.807, 2.05) is 6.92 Å². The van der Waals surface area contributed by atoms with Crippen molar-refractivity contribution in [2.75, 3.05) is 0 Å². The molecule has 2 aliphatic carbocycles. The Kier molecular flexibility index (Phi) is 5.94. The minimum Gasteiger partial charge on any atom is -0.462 e. The molecule has 1 N–H and O–H groups in total. The first-order valence-corrected chi connectivity index (χ1v) is 9.30. The fourth-order valence-corrected chi connectivity index (χ4v) is 5.71. The van der Waals surface area contributed by atoms with Gasteiger partial charge in [-0.25, -0.2) is 8.93 Å². The van der Waals surface area contributed by atoms with Gasteiger partial charge >= 0.3 is 5.97 Å². The summed E-state index contributed by atoms with van der Waals surface area (Å²) in [5.41, 5.74) is 0. The Labute approximate surface area is 137 Å². The molecule has 0 spiro atoms. The number of hydrogen-bond acceptors (Lipinski definition) is 4. The number of allylic oxidation sites excluding steroid dienone is 1. The highest BCUT2D eigenvalue weighted by atomic mass is 35.5. The second kappa shape index (κ2) is 7.31. The number of rotatable bonds is 6. The van der Waals surface area contributed by atoms with Crippen molar-refractivity contribution in [2.45, 2.75) is 45.3 Å². The molecule has 0 radical (unpaired) electrons. The van der Waals surface area contributed by atoms with Gasteiger partial charge in [0, 0.05) is 18.9 Å². The Morgan fingerprint density at radius 1 is 1.52 bits per heavy atom. The van der Waals surface area contributed by atoms with Gasteiger partial charge in [-0.1, -0.05) is 36.0 Å². The molecular formula is C14H20ClNO3S2. The maximum atomic E-state index is 12.4. The summed E-state index contributed by atoms with van der Waals surface area (Å²) in [6.07, 6.45) is 4.71. The van der Waals surface area contributed by atoms with E-state index in [1.54, 1.807) is 6.08 Å². The number of halogens is 1. The highest BCUT2D eigenvalue weighted by Gasteiger charge is 2.50. The molecule has 7 heteroatoms. The van der Waals surface area contributed by atoms with Crippen molar-refractivity contribution in [3.8, 4) is 0 Å². The number of nitrogens with one attached hydrogen (secondary N) is 1. The lowest BCUT2D eigenvalue weighted by molar-refractivity contribution is -0.148. The van der Waals surface area contributed by atoms with E-state index >= 15 is 0 Å². The van der Waals surface area contributed by atoms with Gasteiger partial charge in [0.05, 0.1) is 8.60 Å². The zero-order valence-electron chi connectivity index (χ0n) is 12.1. The predicted octanol–water partition coefficient (Wildman–Crippen LogP) is 3.27. The first kappa shape index (κ1) is 17.1. The molecule has 118 valence electrons. The summed E-state index contributed by atoms with van der Waals surface area (Å²) >= 11 is 6.98. The zero-order valence-corrected chi connectivity index (χ0v) is 14.5. The van der Waals surface area contributed by atoms with Crippen molar-refractivity contribution in [2.24, 2.45) is 11.8 Å². The van der Waals surface area contributed by atoms with Crippen LogP contribution in [0.2, 0.25) is 0 Å². The molecule has 5 unspecified atom stereocenters. The minimum absolute atomic E-state index is 0.0412. The van der Waals surface area contributed by atoms with Crippen molar-refractivity contribution in [3.05, 3.63) is 21.3 Å². The van der Waals surface area contributed by atoms with E-state index in [2.05, 4.69) is 11.3 Å². The summed E-state index contributed by atoms with van der Waals surface area (Å²) in [6, 6.07) is 0.134. The van der Waals surface area contributed by atoms with Crippen LogP contribution in [0.25, 0.3) is 0 Å². The van der Waals surface area contributed by atoms with Gasteiger partial charge in [-0.05, 0) is 32.1 Å². The Hall–Kier alpha value is -0.300. The number of ether oxygens (including phenoxy) is 1. The number of carbonyl (C=O) groups is 1. The third kappa shape index (κ3) is 4.12. The van der Waals surface area contributed by atoms with Crippen LogP contribution in [0.3, 0.4) is 0 Å². The molecule has 21 heavy (non-hydrogen) atoms. The third-order valence-corrected chi connectivity index (χ3v) is 6.72. The molecular weight excluding hydrogens is 330 g/mol. The molecule has 0 aliphatic heterocycles. The molecule has 0 aromatic carbocycles. The summed E-state index contributed by atoms with van der Waals surface area (Å²) in [5.74, 6) is 0.436. The van der Waals surface area contributed by atoms with Gasteiger partial charge in [0.1, 0.15) is 17.1 Å². The maximum Gasteiger partial charge on any atom is 0.302 e. The largest absolute Gasteiger partial charge is 0.462 e. The van der Waals surface area contributed by atoms with Crippen LogP contribution in [0.15, 0.2) is 21.3 Å². The summed E-state index contributed by atoms with van der Waals surface area (Å²) in [4.78, 5) is 11.1. The van der Waals surface area contributed by atoms with Gasteiger partial charge in [-0.15, -0.1) is 0 Å². The highest BCUT2D eigenvalue weighted by molar-refractivity contribution is 8.19. The second-order valence-electron chi connectivity index (χ2n) is 5.36. The smallest absolute Gasteiger partial charge is 0.302 e. The second-order valence-corrected chi connectivity index (χ2v) is 8.65. The van der Waals surface area contributed by atoms with E-state index in [4.69, 9.17) is 16.3 Å². The molecule has 2 aliphatic rings. The Balaban J connectivity index is 1.99. The number of hydrogen-bond donors (Lipinski definition) is 1. The minimum atomic E-state index is -1.31. The van der Waals surface area contributed by atoms with Gasteiger partial charge in [0.15, 0.2) is 0 Å². The van der Waals surface area contributed by atoms with E-state index in [0.29, 0.717) is 14.5 Å². The molecule has 0 aromatic rings. The fraction of sp³-hybridized carbons (Fsp3) is 0.643. The van der Waals surface area contributed by atoms with Crippen molar-refractivity contribution in [1.82, 2.24) is 4.72 Å². The Bertz CT molecular complexity index is 495. The molecule has 4 nitrogen and oxygen atoms in total. The van der Waals surface area contributed by atoms with Crippen LogP contribution < -0.4 is 4.72 Å². The molecule has 5 atom stereocenters. The van der Waals surface area contributed by atoms with Crippen LogP contribution in [-0.2, 0) is 20.5 Å². The van der Waals surface area contributed by atoms with Gasteiger partial charge < -0.3 is 4.74 Å². The third-order valence-electron chi connectivity index (χ3n) is 4.04. The molecule has 2 rings (SSSR count). The number of thioether (sulfide) groups is 1. The molecule has 2 saturated carbocycles. The molecule has 0 amide bonds. The number of fused-ring (bicyclic) bond motifs is 2. The predicted molar refractivity (Wildman–Crippen MR) is 87.8 cm³/mol. The molecule has 0 aromatic heterocycles. The van der Waals surface area contributed by atoms with Crippen LogP contribution in [0.4, 0.5) is 0 Å². The average molecular weight is 350 g/mol. The molecule has 0 saturated heterocycles. The van der Waals surface area contributed by atoms with E-state index in [-0.39, 0.29) is 24.0 Å². The number of carbonyl (C=O) groups excluding carboxylic acids is 1. The average Bonchev–Trinajstić information content (AvgIpc) is 2.91. The van der Waals surface area contributed by atoms with Crippen LogP contribution in [-0.4, -0.2) is 22.3 Å². The first-order chi connectivity index (χ1) is 9.92. The van der Waals surface area contributed by atoms with Gasteiger partial charge in [-0.3, -0.25) is 4.79 Å². The molecule has 2 bridgehead atoms. The standard InChI is InChI=1S/C14H20ClNO3S2/c1-4-13(20-8(2)15)21(18)16-14-10-5-6-11(14)12(7-10)19-9(3)17/h4,10-12,14,16H,2,5-7H2,1,3H3/b13-4+. The fourth-order valence-electron chi connectivity index (χ4n) is 3.30. The normalized spacial score (nSPS) is 33.0. The van der Waals surface area contributed by atoms with Crippen LogP contribution in [0.5, 0.6) is 0 Å². The van der Waals surface area contributed by atoms with E-state index in [1.165, 1.54) is 18.7 Å². The van der Waals surface area contributed by atoms with Crippen molar-refractivity contribution >= 4 is 40.3 Å². The van der Waals surface area contributed by atoms with Crippen molar-refractivity contribution in [3.63, 3.8) is 0 Å². The van der Waals surface area contributed by atoms with Crippen molar-refractivity contribution < 1.29 is 13.7 Å². The maximum absolute atomic E-state index is 12.4. The monoisotopic (exact) mass is 349 g/mol. The summed E-state index contributed by atoms with van der Waals surface area (Å²) < 4.78 is 22.0. The van der Waals surface area contributed by atoms with E-state index in [0.717, 1.165) is 19.3 Å². The summed E-state index contributed by atoms with van der Waals surface area (Å²) in [5, 5.41) is 0. The summed E-state index contributed by atoms with van der Waals surface area (Å²) in [6.45, 7) is 6.88. The number of esters is 1. The van der Waals surface area contributed by atoms with Gasteiger partial charge in [0.25, 0.3) is 0 Å². The van der Waals surface area contributed by atoms with E-state index in [9.17, 15) is 9.00 Å². The zero-order chi connectivity index (χ0) is 15.6. The molecule has 0 heterocycles. The highest BCUT2D eigenvalue weighted by Crippen LogP contribution is 2.46. The Morgan fingerprint density at radius 2 is 2.24 bits per heavy atom. The Morgan fingerprint density at radius 3 is 2.81 bits per heavy atom. The lowest BCUT2D eigenvalue weighted by Gasteiger charge is -2.22. The lowest BCUT2D eigenvalue weighted by Crippen LogP contribution is -2.37. The SMILES string of the molecule is C=C(Cl)S/C(=C\C)S(=O)NC1C2CCC1C(OC(C)=O)C2. The topological polar surface area (TPSA) is 55.4 Å². The lowest BCUT2D eigenvalue weighted by atomic mass is 9.98. The van der Waals surface area contributed by atoms with Crippen molar-refractivity contribution in [1.29, 1.82) is 0 Å². The quantitative estimate of drug-likeness (QED) is 0.748. The van der Waals surface area contributed by atoms with E-state index < -0.39 is 11.0 Å². The van der Waals surface area contributed by atoms with Crippen LogP contribution in [0, 0.1) is 11.8 Å². The summed E-state index contributed by atoms with van der Waals surface area (Å²) in [7, 11) is -1.31. The van der Waals surface area contributed by atoms with Gasteiger partial charge in [-0.2, -0.15) is 0 Å². The first-order valence-electron chi connectivity index (χ1n) is 6.96. The van der Waals surface area contributed by atoms with Crippen LogP contribution >= 0.6 is 23.4 Å².